The third kappa shape index (κ3) is 3.55. The minimum atomic E-state index is 0.349. The molecule has 0 atom stereocenters. The van der Waals surface area contributed by atoms with Gasteiger partial charge in [0.1, 0.15) is 6.07 Å². The van der Waals surface area contributed by atoms with E-state index in [0.29, 0.717) is 23.6 Å². The van der Waals surface area contributed by atoms with Gasteiger partial charge in [-0.2, -0.15) is 5.26 Å². The maximum Gasteiger partial charge on any atom is 0.101 e. The van der Waals surface area contributed by atoms with Crippen LogP contribution in [0.25, 0.3) is 10.4 Å². The normalized spacial score (nSPS) is 8.25. The highest BCUT2D eigenvalue weighted by Gasteiger charge is 1.98. The molecule has 5 heteroatoms. The molecule has 0 fully saturated rings. The van der Waals surface area contributed by atoms with Crippen molar-refractivity contribution < 1.29 is 0 Å². The fraction of sp³-hybridized carbons (Fsp3) is 0.182. The quantitative estimate of drug-likeness (QED) is 0.253. The standard InChI is InChI=1S/C11H7ClN4/c12-11-5-4-9(7-10(11)8-13)3-1-2-6-15-16-14/h4-5,7H,2,6H2. The van der Waals surface area contributed by atoms with Crippen LogP contribution in [0.1, 0.15) is 17.5 Å². The second-order valence-corrected chi connectivity index (χ2v) is 3.22. The molecule has 1 aromatic rings. The number of halogens is 1. The Morgan fingerprint density at radius 3 is 3.00 bits per heavy atom. The molecule has 4 nitrogen and oxygen atoms in total. The van der Waals surface area contributed by atoms with E-state index in [1.807, 2.05) is 6.07 Å². The Hall–Kier alpha value is -2.13. The lowest BCUT2D eigenvalue weighted by molar-refractivity contribution is 1.01. The minimum absolute atomic E-state index is 0.349. The Bertz CT molecular complexity index is 527. The number of hydrogen-bond acceptors (Lipinski definition) is 2. The van der Waals surface area contributed by atoms with E-state index in [-0.39, 0.29) is 0 Å². The van der Waals surface area contributed by atoms with Crippen LogP contribution >= 0.6 is 11.6 Å². The molecule has 0 aromatic heterocycles. The molecule has 16 heavy (non-hydrogen) atoms. The van der Waals surface area contributed by atoms with Crippen molar-refractivity contribution in [1.29, 1.82) is 5.26 Å². The van der Waals surface area contributed by atoms with Crippen molar-refractivity contribution in [2.24, 2.45) is 5.11 Å². The van der Waals surface area contributed by atoms with E-state index in [9.17, 15) is 0 Å². The van der Waals surface area contributed by atoms with Crippen LogP contribution in [-0.4, -0.2) is 6.54 Å². The Morgan fingerprint density at radius 2 is 2.31 bits per heavy atom. The lowest BCUT2D eigenvalue weighted by atomic mass is 10.1. The monoisotopic (exact) mass is 230 g/mol. The molecule has 0 N–H and O–H groups in total. The van der Waals surface area contributed by atoms with Gasteiger partial charge in [0.05, 0.1) is 10.6 Å². The van der Waals surface area contributed by atoms with Gasteiger partial charge in [-0.05, 0) is 23.7 Å². The highest BCUT2D eigenvalue weighted by atomic mass is 35.5. The molecule has 0 saturated carbocycles. The summed E-state index contributed by atoms with van der Waals surface area (Å²) >= 11 is 5.77. The summed E-state index contributed by atoms with van der Waals surface area (Å²) in [6, 6.07) is 6.98. The molecule has 0 radical (unpaired) electrons. The molecule has 0 aliphatic carbocycles. The van der Waals surface area contributed by atoms with Gasteiger partial charge < -0.3 is 0 Å². The molecule has 0 aliphatic rings. The topological polar surface area (TPSA) is 72.5 Å². The van der Waals surface area contributed by atoms with Crippen LogP contribution in [0.15, 0.2) is 23.3 Å². The van der Waals surface area contributed by atoms with Crippen LogP contribution in [0.4, 0.5) is 0 Å². The Kier molecular flexibility index (Phi) is 4.76. The van der Waals surface area contributed by atoms with E-state index in [1.54, 1.807) is 18.2 Å². The summed E-state index contributed by atoms with van der Waals surface area (Å²) in [4.78, 5) is 2.62. The summed E-state index contributed by atoms with van der Waals surface area (Å²) in [7, 11) is 0. The van der Waals surface area contributed by atoms with E-state index in [0.717, 1.165) is 5.56 Å². The molecular formula is C11H7ClN4. The molecule has 0 spiro atoms. The first kappa shape index (κ1) is 11.9. The smallest absolute Gasteiger partial charge is 0.101 e. The van der Waals surface area contributed by atoms with Gasteiger partial charge in [-0.1, -0.05) is 28.6 Å². The van der Waals surface area contributed by atoms with E-state index >= 15 is 0 Å². The van der Waals surface area contributed by atoms with Crippen molar-refractivity contribution in [2.45, 2.75) is 6.42 Å². The number of nitrogens with zero attached hydrogens (tertiary/aromatic N) is 4. The lowest BCUT2D eigenvalue weighted by Gasteiger charge is -1.94. The fourth-order valence-corrected chi connectivity index (χ4v) is 1.16. The second-order valence-electron chi connectivity index (χ2n) is 2.81. The van der Waals surface area contributed by atoms with E-state index < -0.39 is 0 Å². The lowest BCUT2D eigenvalue weighted by Crippen LogP contribution is -1.81. The number of rotatable bonds is 2. The van der Waals surface area contributed by atoms with Crippen LogP contribution in [0.2, 0.25) is 5.02 Å². The molecule has 1 rings (SSSR count). The highest BCUT2D eigenvalue weighted by Crippen LogP contribution is 2.15. The minimum Gasteiger partial charge on any atom is -0.192 e. The SMILES string of the molecule is N#Cc1cc(C#CCCN=[N+]=[N-])ccc1Cl. The van der Waals surface area contributed by atoms with E-state index in [2.05, 4.69) is 21.9 Å². The average molecular weight is 231 g/mol. The van der Waals surface area contributed by atoms with E-state index in [1.165, 1.54) is 0 Å². The van der Waals surface area contributed by atoms with Crippen LogP contribution < -0.4 is 0 Å². The molecule has 0 amide bonds. The zero-order chi connectivity index (χ0) is 11.8. The second kappa shape index (κ2) is 6.37. The van der Waals surface area contributed by atoms with Crippen molar-refractivity contribution in [3.8, 4) is 17.9 Å². The van der Waals surface area contributed by atoms with Gasteiger partial charge in [-0.25, -0.2) is 0 Å². The molecule has 0 bridgehead atoms. The van der Waals surface area contributed by atoms with Gasteiger partial charge in [0.25, 0.3) is 0 Å². The van der Waals surface area contributed by atoms with Crippen molar-refractivity contribution >= 4 is 11.6 Å². The first-order chi connectivity index (χ1) is 7.77. The number of azide groups is 1. The molecule has 0 unspecified atom stereocenters. The zero-order valence-electron chi connectivity index (χ0n) is 8.31. The Labute approximate surface area is 98.1 Å². The summed E-state index contributed by atoms with van der Waals surface area (Å²) < 4.78 is 0. The first-order valence-corrected chi connectivity index (χ1v) is 4.85. The zero-order valence-corrected chi connectivity index (χ0v) is 9.07. The summed E-state index contributed by atoms with van der Waals surface area (Å²) in [5, 5.41) is 12.5. The van der Waals surface area contributed by atoms with Crippen molar-refractivity contribution in [3.63, 3.8) is 0 Å². The molecule has 0 aliphatic heterocycles. The van der Waals surface area contributed by atoms with Crippen molar-refractivity contribution in [2.75, 3.05) is 6.54 Å². The predicted octanol–water partition coefficient (Wildman–Crippen LogP) is 3.26. The third-order valence-electron chi connectivity index (χ3n) is 1.72. The van der Waals surface area contributed by atoms with Gasteiger partial charge in [0.15, 0.2) is 0 Å². The van der Waals surface area contributed by atoms with E-state index in [4.69, 9.17) is 22.4 Å². The highest BCUT2D eigenvalue weighted by molar-refractivity contribution is 6.31. The van der Waals surface area contributed by atoms with Crippen LogP contribution in [0, 0.1) is 23.2 Å². The Morgan fingerprint density at radius 1 is 1.50 bits per heavy atom. The van der Waals surface area contributed by atoms with Crippen molar-refractivity contribution in [1.82, 2.24) is 0 Å². The predicted molar refractivity (Wildman–Crippen MR) is 61.7 cm³/mol. The maximum absolute atomic E-state index is 8.75. The summed E-state index contributed by atoms with van der Waals surface area (Å²) in [5.74, 6) is 5.70. The van der Waals surface area contributed by atoms with Crippen LogP contribution in [0.5, 0.6) is 0 Å². The summed E-state index contributed by atoms with van der Waals surface area (Å²) in [6.07, 6.45) is 0.495. The van der Waals surface area contributed by atoms with Gasteiger partial charge in [-0.15, -0.1) is 0 Å². The van der Waals surface area contributed by atoms with Gasteiger partial charge >= 0.3 is 0 Å². The van der Waals surface area contributed by atoms with Crippen LogP contribution in [-0.2, 0) is 0 Å². The summed E-state index contributed by atoms with van der Waals surface area (Å²) in [5.41, 5.74) is 9.17. The largest absolute Gasteiger partial charge is 0.192 e. The molecular weight excluding hydrogens is 224 g/mol. The molecule has 0 heterocycles. The number of nitriles is 1. The molecule has 78 valence electrons. The van der Waals surface area contributed by atoms with Crippen LogP contribution in [0.3, 0.4) is 0 Å². The number of benzene rings is 1. The molecule has 1 aromatic carbocycles. The van der Waals surface area contributed by atoms with Crippen molar-refractivity contribution in [3.05, 3.63) is 44.8 Å². The maximum atomic E-state index is 8.75. The van der Waals surface area contributed by atoms with Gasteiger partial charge in [0.2, 0.25) is 0 Å². The van der Waals surface area contributed by atoms with Gasteiger partial charge in [-0.3, -0.25) is 0 Å². The number of hydrogen-bond donors (Lipinski definition) is 0. The Balaban J connectivity index is 2.75. The first-order valence-electron chi connectivity index (χ1n) is 4.47. The average Bonchev–Trinajstić information content (AvgIpc) is 2.31. The van der Waals surface area contributed by atoms with Gasteiger partial charge in [0, 0.05) is 23.4 Å². The summed E-state index contributed by atoms with van der Waals surface area (Å²) in [6.45, 7) is 0.349. The third-order valence-corrected chi connectivity index (χ3v) is 2.05. The molecule has 0 saturated heterocycles. The fourth-order valence-electron chi connectivity index (χ4n) is 1.00.